The number of hydrogen-bond donors (Lipinski definition) is 0. The molecule has 0 fully saturated rings. The highest BCUT2D eigenvalue weighted by molar-refractivity contribution is 5.71. The first kappa shape index (κ1) is 74.4. The first-order chi connectivity index (χ1) is 37.5. The van der Waals surface area contributed by atoms with Crippen LogP contribution in [0.1, 0.15) is 412 Å². The second-order valence-corrected chi connectivity index (χ2v) is 24.2. The van der Waals surface area contributed by atoms with Gasteiger partial charge in [-0.3, -0.25) is 14.4 Å². The second kappa shape index (κ2) is 65.9. The Morgan fingerprint density at radius 2 is 0.355 bits per heavy atom. The summed E-state index contributed by atoms with van der Waals surface area (Å²) in [5, 5.41) is 0. The van der Waals surface area contributed by atoms with Crippen molar-refractivity contribution in [2.45, 2.75) is 419 Å². The molecule has 0 aliphatic rings. The van der Waals surface area contributed by atoms with Crippen LogP contribution in [0.2, 0.25) is 0 Å². The molecule has 0 rings (SSSR count). The first-order valence-corrected chi connectivity index (χ1v) is 35.0. The number of esters is 3. The van der Waals surface area contributed by atoms with Crippen LogP contribution < -0.4 is 0 Å². The fourth-order valence-electron chi connectivity index (χ4n) is 11.1. The number of carbonyl (C=O) groups excluding carboxylic acids is 3. The highest BCUT2D eigenvalue weighted by atomic mass is 16.6. The van der Waals surface area contributed by atoms with Crippen molar-refractivity contribution >= 4 is 17.9 Å². The Balaban J connectivity index is 3.86. The van der Waals surface area contributed by atoms with Crippen LogP contribution in [0, 0.1) is 0 Å². The Bertz CT molecular complexity index is 1140. The molecule has 0 amide bonds. The predicted octanol–water partition coefficient (Wildman–Crippen LogP) is 23.8. The summed E-state index contributed by atoms with van der Waals surface area (Å²) in [6.07, 6.45) is 77.8. The highest BCUT2D eigenvalue weighted by Gasteiger charge is 2.19. The lowest BCUT2D eigenvalue weighted by Gasteiger charge is -2.18. The highest BCUT2D eigenvalue weighted by Crippen LogP contribution is 2.19. The molecular formula is C70H136O6. The number of hydrogen-bond acceptors (Lipinski definition) is 6. The molecule has 6 nitrogen and oxygen atoms in total. The maximum Gasteiger partial charge on any atom is 0.306 e. The van der Waals surface area contributed by atoms with Gasteiger partial charge in [-0.1, -0.05) is 374 Å². The molecule has 1 atom stereocenters. The smallest absolute Gasteiger partial charge is 0.306 e. The van der Waals surface area contributed by atoms with Gasteiger partial charge in [-0.05, 0) is 19.3 Å². The molecule has 0 N–H and O–H groups in total. The topological polar surface area (TPSA) is 78.9 Å². The molecule has 0 aliphatic carbocycles. The van der Waals surface area contributed by atoms with Crippen LogP contribution in [0.15, 0.2) is 0 Å². The Morgan fingerprint density at radius 1 is 0.211 bits per heavy atom. The predicted molar refractivity (Wildman–Crippen MR) is 330 cm³/mol. The third-order valence-corrected chi connectivity index (χ3v) is 16.4. The van der Waals surface area contributed by atoms with Crippen molar-refractivity contribution < 1.29 is 28.6 Å². The minimum atomic E-state index is -0.761. The standard InChI is InChI=1S/C70H136O6/c1-4-7-10-13-15-17-19-21-23-25-27-29-30-31-32-33-34-35-36-37-38-39-41-42-44-46-48-50-52-54-57-60-63-69(72)75-66-67(65-74-68(71)62-59-56-12-9-6-3)76-70(73)64-61-58-55-53-51-49-47-45-43-40-28-26-24-22-20-18-16-14-11-8-5-2/h67H,4-66H2,1-3H3. The maximum absolute atomic E-state index is 12.8. The van der Waals surface area contributed by atoms with E-state index < -0.39 is 6.10 Å². The van der Waals surface area contributed by atoms with Crippen LogP contribution in [0.5, 0.6) is 0 Å². The normalized spacial score (nSPS) is 11.9. The van der Waals surface area contributed by atoms with Crippen LogP contribution in [0.3, 0.4) is 0 Å². The lowest BCUT2D eigenvalue weighted by atomic mass is 10.0. The van der Waals surface area contributed by atoms with Gasteiger partial charge in [-0.2, -0.15) is 0 Å². The van der Waals surface area contributed by atoms with Gasteiger partial charge in [0.1, 0.15) is 13.2 Å². The van der Waals surface area contributed by atoms with Gasteiger partial charge in [0.2, 0.25) is 0 Å². The summed E-state index contributed by atoms with van der Waals surface area (Å²) in [5.41, 5.74) is 0. The van der Waals surface area contributed by atoms with Crippen molar-refractivity contribution in [3.63, 3.8) is 0 Å². The Kier molecular flexibility index (Phi) is 64.5. The number of carbonyl (C=O) groups is 3. The third kappa shape index (κ3) is 63.2. The zero-order valence-electron chi connectivity index (χ0n) is 52.1. The van der Waals surface area contributed by atoms with Crippen LogP contribution in [0.4, 0.5) is 0 Å². The average Bonchev–Trinajstić information content (AvgIpc) is 3.42. The molecule has 0 aromatic heterocycles. The van der Waals surface area contributed by atoms with E-state index in [-0.39, 0.29) is 31.1 Å². The molecular weight excluding hydrogens is 937 g/mol. The molecule has 0 spiro atoms. The van der Waals surface area contributed by atoms with E-state index in [0.29, 0.717) is 19.3 Å². The molecule has 6 heteroatoms. The van der Waals surface area contributed by atoms with Gasteiger partial charge in [-0.15, -0.1) is 0 Å². The van der Waals surface area contributed by atoms with E-state index in [9.17, 15) is 14.4 Å². The molecule has 76 heavy (non-hydrogen) atoms. The molecule has 0 aromatic carbocycles. The molecule has 0 heterocycles. The van der Waals surface area contributed by atoms with E-state index in [0.717, 1.165) is 64.2 Å². The summed E-state index contributed by atoms with van der Waals surface area (Å²) in [7, 11) is 0. The number of unbranched alkanes of at least 4 members (excludes halogenated alkanes) is 55. The van der Waals surface area contributed by atoms with Gasteiger partial charge in [-0.25, -0.2) is 0 Å². The van der Waals surface area contributed by atoms with Gasteiger partial charge in [0.25, 0.3) is 0 Å². The molecule has 0 bridgehead atoms. The van der Waals surface area contributed by atoms with Crippen molar-refractivity contribution in [1.29, 1.82) is 0 Å². The zero-order valence-corrected chi connectivity index (χ0v) is 52.1. The van der Waals surface area contributed by atoms with E-state index >= 15 is 0 Å². The first-order valence-electron chi connectivity index (χ1n) is 35.0. The van der Waals surface area contributed by atoms with Crippen molar-refractivity contribution in [2.24, 2.45) is 0 Å². The van der Waals surface area contributed by atoms with E-state index in [2.05, 4.69) is 20.8 Å². The molecule has 0 radical (unpaired) electrons. The molecule has 0 saturated heterocycles. The quantitative estimate of drug-likeness (QED) is 0.0343. The van der Waals surface area contributed by atoms with Crippen LogP contribution in [-0.4, -0.2) is 37.2 Å². The van der Waals surface area contributed by atoms with Gasteiger partial charge in [0.05, 0.1) is 0 Å². The SMILES string of the molecule is CCCCCCCCCCCCCCCCCCCCCCCCCCCCCCCCCCC(=O)OCC(COC(=O)CCCCCCC)OC(=O)CCCCCCCCCCCCCCCCCCCCCCC. The molecule has 452 valence electrons. The van der Waals surface area contributed by atoms with E-state index in [4.69, 9.17) is 14.2 Å². The number of ether oxygens (including phenoxy) is 3. The van der Waals surface area contributed by atoms with Gasteiger partial charge >= 0.3 is 17.9 Å². The van der Waals surface area contributed by atoms with Gasteiger partial charge in [0, 0.05) is 19.3 Å². The summed E-state index contributed by atoms with van der Waals surface area (Å²) >= 11 is 0. The van der Waals surface area contributed by atoms with Crippen LogP contribution in [0.25, 0.3) is 0 Å². The summed E-state index contributed by atoms with van der Waals surface area (Å²) in [4.78, 5) is 38.0. The minimum Gasteiger partial charge on any atom is -0.462 e. The molecule has 1 unspecified atom stereocenters. The Hall–Kier alpha value is -1.59. The third-order valence-electron chi connectivity index (χ3n) is 16.4. The monoisotopic (exact) mass is 1070 g/mol. The largest absolute Gasteiger partial charge is 0.462 e. The molecule has 0 aliphatic heterocycles. The number of rotatable bonds is 66. The lowest BCUT2D eigenvalue weighted by molar-refractivity contribution is -0.167. The minimum absolute atomic E-state index is 0.0622. The van der Waals surface area contributed by atoms with Gasteiger partial charge in [0.15, 0.2) is 6.10 Å². The second-order valence-electron chi connectivity index (χ2n) is 24.2. The average molecular weight is 1070 g/mol. The zero-order chi connectivity index (χ0) is 55.0. The van der Waals surface area contributed by atoms with Crippen molar-refractivity contribution in [3.05, 3.63) is 0 Å². The molecule has 0 aromatic rings. The summed E-state index contributed by atoms with van der Waals surface area (Å²) in [6, 6.07) is 0. The Labute approximate surface area is 476 Å². The molecule has 0 saturated carbocycles. The van der Waals surface area contributed by atoms with Crippen molar-refractivity contribution in [1.82, 2.24) is 0 Å². The van der Waals surface area contributed by atoms with E-state index in [1.807, 2.05) is 0 Å². The fraction of sp³-hybridized carbons (Fsp3) is 0.957. The van der Waals surface area contributed by atoms with Crippen molar-refractivity contribution in [3.8, 4) is 0 Å². The lowest BCUT2D eigenvalue weighted by Crippen LogP contribution is -2.30. The van der Waals surface area contributed by atoms with Gasteiger partial charge < -0.3 is 14.2 Å². The van der Waals surface area contributed by atoms with Crippen molar-refractivity contribution in [2.75, 3.05) is 13.2 Å². The van der Waals surface area contributed by atoms with E-state index in [1.165, 1.54) is 308 Å². The van der Waals surface area contributed by atoms with E-state index in [1.54, 1.807) is 0 Å². The summed E-state index contributed by atoms with van der Waals surface area (Å²) in [6.45, 7) is 6.65. The summed E-state index contributed by atoms with van der Waals surface area (Å²) in [5.74, 6) is -0.844. The maximum atomic E-state index is 12.8. The van der Waals surface area contributed by atoms with Crippen LogP contribution >= 0.6 is 0 Å². The van der Waals surface area contributed by atoms with Crippen LogP contribution in [-0.2, 0) is 28.6 Å². The summed E-state index contributed by atoms with van der Waals surface area (Å²) < 4.78 is 16.8. The Morgan fingerprint density at radius 3 is 0.526 bits per heavy atom. The fourth-order valence-corrected chi connectivity index (χ4v) is 11.1.